The minimum Gasteiger partial charge on any atom is -0.346 e. The maximum atomic E-state index is 10.4. The van der Waals surface area contributed by atoms with Gasteiger partial charge >= 0.3 is 0 Å². The number of hydrogen-bond donors (Lipinski definition) is 1. The minimum atomic E-state index is -2.44. The van der Waals surface area contributed by atoms with E-state index in [9.17, 15) is 4.57 Å². The van der Waals surface area contributed by atoms with Gasteiger partial charge in [0, 0.05) is 6.16 Å². The molecule has 0 saturated heterocycles. The van der Waals surface area contributed by atoms with E-state index in [1.807, 2.05) is 6.07 Å². The molecule has 1 unspecified atom stereocenters. The van der Waals surface area contributed by atoms with E-state index in [1.54, 1.807) is 24.3 Å². The van der Waals surface area contributed by atoms with Crippen molar-refractivity contribution in [1.82, 2.24) is 0 Å². The molecule has 3 nitrogen and oxygen atoms in total. The fraction of sp³-hybridized carbons (Fsp3) is 0.125. The molecule has 0 saturated carbocycles. The summed E-state index contributed by atoms with van der Waals surface area (Å²) < 4.78 is 10.4. The third-order valence-electron chi connectivity index (χ3n) is 1.44. The Morgan fingerprint density at radius 1 is 1.42 bits per heavy atom. The Balaban J connectivity index is 2.80. The lowest BCUT2D eigenvalue weighted by Crippen LogP contribution is -1.80. The first-order chi connectivity index (χ1) is 5.72. The average molecular weight is 181 g/mol. The molecule has 0 radical (unpaired) electrons. The second-order valence-corrected chi connectivity index (χ2v) is 3.52. The van der Waals surface area contributed by atoms with Gasteiger partial charge in [-0.25, -0.2) is 0 Å². The van der Waals surface area contributed by atoms with Crippen LogP contribution in [0.15, 0.2) is 24.3 Å². The van der Waals surface area contributed by atoms with Gasteiger partial charge in [0.15, 0.2) is 8.03 Å². The highest BCUT2D eigenvalue weighted by Crippen LogP contribution is 2.20. The number of nitrogens with zero attached hydrogens (tertiary/aromatic N) is 1. The predicted octanol–water partition coefficient (Wildman–Crippen LogP) is 1.53. The predicted molar refractivity (Wildman–Crippen MR) is 46.1 cm³/mol. The van der Waals surface area contributed by atoms with Crippen LogP contribution in [0, 0.1) is 11.3 Å². The molecule has 1 atom stereocenters. The van der Waals surface area contributed by atoms with Gasteiger partial charge in [-0.2, -0.15) is 5.26 Å². The van der Waals surface area contributed by atoms with Crippen molar-refractivity contribution in [3.8, 4) is 6.07 Å². The summed E-state index contributed by atoms with van der Waals surface area (Å²) in [6.45, 7) is 0. The fourth-order valence-electron chi connectivity index (χ4n) is 0.872. The van der Waals surface area contributed by atoms with Crippen LogP contribution < -0.4 is 0 Å². The van der Waals surface area contributed by atoms with Crippen LogP contribution in [0.5, 0.6) is 0 Å². The standard InChI is InChI=1S/C8H8NO2P/c9-5-7-1-3-8(4-2-7)6-12(10)11/h1-4,12H,6H2,(H,10,11). The molecule has 1 rings (SSSR count). The molecule has 4 heteroatoms. The Morgan fingerprint density at radius 3 is 2.42 bits per heavy atom. The molecule has 1 aromatic carbocycles. The van der Waals surface area contributed by atoms with Crippen LogP contribution in [0.1, 0.15) is 11.1 Å². The number of rotatable bonds is 2. The van der Waals surface area contributed by atoms with Crippen LogP contribution in [0.4, 0.5) is 0 Å². The smallest absolute Gasteiger partial charge is 0.193 e. The van der Waals surface area contributed by atoms with Gasteiger partial charge in [0.25, 0.3) is 0 Å². The van der Waals surface area contributed by atoms with Gasteiger partial charge in [0.05, 0.1) is 11.6 Å². The number of benzene rings is 1. The normalized spacial score (nSPS) is 12.0. The van der Waals surface area contributed by atoms with Crippen LogP contribution in [-0.4, -0.2) is 4.89 Å². The molecule has 62 valence electrons. The second kappa shape index (κ2) is 4.06. The second-order valence-electron chi connectivity index (χ2n) is 2.38. The molecule has 12 heavy (non-hydrogen) atoms. The van der Waals surface area contributed by atoms with Crippen molar-refractivity contribution in [3.05, 3.63) is 35.4 Å². The summed E-state index contributed by atoms with van der Waals surface area (Å²) >= 11 is 0. The summed E-state index contributed by atoms with van der Waals surface area (Å²) in [7, 11) is -2.44. The Labute approximate surface area is 71.1 Å². The minimum absolute atomic E-state index is 0.191. The van der Waals surface area contributed by atoms with Crippen molar-refractivity contribution in [2.75, 3.05) is 0 Å². The largest absolute Gasteiger partial charge is 0.346 e. The third-order valence-corrected chi connectivity index (χ3v) is 2.15. The van der Waals surface area contributed by atoms with Crippen molar-refractivity contribution < 1.29 is 9.46 Å². The maximum absolute atomic E-state index is 10.4. The molecule has 0 bridgehead atoms. The van der Waals surface area contributed by atoms with Crippen molar-refractivity contribution in [2.45, 2.75) is 6.16 Å². The van der Waals surface area contributed by atoms with E-state index < -0.39 is 8.03 Å². The molecule has 0 aliphatic rings. The van der Waals surface area contributed by atoms with Crippen LogP contribution >= 0.6 is 8.03 Å². The summed E-state index contributed by atoms with van der Waals surface area (Å²) in [5.74, 6) is 0. The van der Waals surface area contributed by atoms with Crippen LogP contribution in [0.2, 0.25) is 0 Å². The molecule has 1 aromatic rings. The topological polar surface area (TPSA) is 61.1 Å². The van der Waals surface area contributed by atoms with Crippen molar-refractivity contribution in [1.29, 1.82) is 5.26 Å². The lowest BCUT2D eigenvalue weighted by atomic mass is 10.2. The maximum Gasteiger partial charge on any atom is 0.193 e. The highest BCUT2D eigenvalue weighted by atomic mass is 31.1. The molecular formula is C8H8NO2P. The monoisotopic (exact) mass is 181 g/mol. The molecule has 0 aliphatic carbocycles. The summed E-state index contributed by atoms with van der Waals surface area (Å²) in [5.41, 5.74) is 1.36. The number of nitriles is 1. The van der Waals surface area contributed by atoms with Crippen molar-refractivity contribution >= 4 is 8.03 Å². The quantitative estimate of drug-likeness (QED) is 0.703. The molecule has 0 aliphatic heterocycles. The average Bonchev–Trinajstić information content (AvgIpc) is 2.05. The highest BCUT2D eigenvalue weighted by molar-refractivity contribution is 7.37. The van der Waals surface area contributed by atoms with Gasteiger partial charge in [0.1, 0.15) is 0 Å². The van der Waals surface area contributed by atoms with E-state index in [1.165, 1.54) is 0 Å². The van der Waals surface area contributed by atoms with Crippen LogP contribution in [-0.2, 0) is 10.7 Å². The fourth-order valence-corrected chi connectivity index (χ4v) is 1.46. The zero-order valence-electron chi connectivity index (χ0n) is 6.32. The first-order valence-electron chi connectivity index (χ1n) is 3.43. The van der Waals surface area contributed by atoms with E-state index in [0.717, 1.165) is 5.56 Å². The van der Waals surface area contributed by atoms with Gasteiger partial charge in [-0.15, -0.1) is 0 Å². The summed E-state index contributed by atoms with van der Waals surface area (Å²) in [6, 6.07) is 8.64. The van der Waals surface area contributed by atoms with Crippen LogP contribution in [0.25, 0.3) is 0 Å². The Bertz CT molecular complexity index is 326. The summed E-state index contributed by atoms with van der Waals surface area (Å²) in [6.07, 6.45) is 0.191. The SMILES string of the molecule is N#Cc1ccc(C[PH](=O)O)cc1. The van der Waals surface area contributed by atoms with Crippen LogP contribution in [0.3, 0.4) is 0 Å². The Morgan fingerprint density at radius 2 is 2.00 bits per heavy atom. The van der Waals surface area contributed by atoms with Gasteiger partial charge in [0.2, 0.25) is 0 Å². The van der Waals surface area contributed by atoms with E-state index in [0.29, 0.717) is 5.56 Å². The molecule has 0 spiro atoms. The summed E-state index contributed by atoms with van der Waals surface area (Å²) in [5, 5.41) is 8.46. The Hall–Kier alpha value is -1.10. The van der Waals surface area contributed by atoms with E-state index in [-0.39, 0.29) is 6.16 Å². The first kappa shape index (κ1) is 8.99. The van der Waals surface area contributed by atoms with Crippen molar-refractivity contribution in [2.24, 2.45) is 0 Å². The third kappa shape index (κ3) is 2.50. The molecular weight excluding hydrogens is 173 g/mol. The molecule has 0 amide bonds. The van der Waals surface area contributed by atoms with E-state index in [2.05, 4.69) is 0 Å². The van der Waals surface area contributed by atoms with Gasteiger partial charge in [-0.1, -0.05) is 12.1 Å². The molecule has 1 N–H and O–H groups in total. The highest BCUT2D eigenvalue weighted by Gasteiger charge is 1.96. The lowest BCUT2D eigenvalue weighted by Gasteiger charge is -1.96. The molecule has 0 heterocycles. The van der Waals surface area contributed by atoms with Crippen molar-refractivity contribution in [3.63, 3.8) is 0 Å². The molecule has 0 fully saturated rings. The summed E-state index contributed by atoms with van der Waals surface area (Å²) in [4.78, 5) is 8.61. The van der Waals surface area contributed by atoms with E-state index in [4.69, 9.17) is 10.2 Å². The zero-order chi connectivity index (χ0) is 8.97. The zero-order valence-corrected chi connectivity index (χ0v) is 7.32. The lowest BCUT2D eigenvalue weighted by molar-refractivity contribution is 0.502. The van der Waals surface area contributed by atoms with Gasteiger partial charge in [-0.3, -0.25) is 4.57 Å². The first-order valence-corrected chi connectivity index (χ1v) is 4.99. The molecule has 0 aromatic heterocycles. The number of hydrogen-bond acceptors (Lipinski definition) is 2. The van der Waals surface area contributed by atoms with E-state index >= 15 is 0 Å². The van der Waals surface area contributed by atoms with Gasteiger partial charge in [-0.05, 0) is 17.7 Å². The Kier molecular flexibility index (Phi) is 3.04. The van der Waals surface area contributed by atoms with Gasteiger partial charge < -0.3 is 4.89 Å².